The van der Waals surface area contributed by atoms with Gasteiger partial charge in [-0.3, -0.25) is 0 Å². The summed E-state index contributed by atoms with van der Waals surface area (Å²) in [5.41, 5.74) is 0.270. The van der Waals surface area contributed by atoms with Crippen molar-refractivity contribution in [3.8, 4) is 11.6 Å². The SMILES string of the molecule is Oc1ccc2c(n1)CNC[C@H](C(F)(F)F)O2. The van der Waals surface area contributed by atoms with E-state index in [1.165, 1.54) is 12.1 Å². The monoisotopic (exact) mass is 234 g/mol. The van der Waals surface area contributed by atoms with Crippen molar-refractivity contribution in [1.29, 1.82) is 0 Å². The van der Waals surface area contributed by atoms with Crippen molar-refractivity contribution < 1.29 is 23.0 Å². The number of hydrogen-bond acceptors (Lipinski definition) is 4. The van der Waals surface area contributed by atoms with E-state index in [4.69, 9.17) is 9.84 Å². The van der Waals surface area contributed by atoms with Crippen LogP contribution < -0.4 is 10.1 Å². The molecule has 4 nitrogen and oxygen atoms in total. The van der Waals surface area contributed by atoms with Gasteiger partial charge in [-0.25, -0.2) is 4.98 Å². The molecule has 0 bridgehead atoms. The molecule has 1 aromatic rings. The molecule has 1 aliphatic heterocycles. The first-order valence-electron chi connectivity index (χ1n) is 4.60. The highest BCUT2D eigenvalue weighted by atomic mass is 19.4. The van der Waals surface area contributed by atoms with Crippen molar-refractivity contribution in [3.05, 3.63) is 17.8 Å². The predicted molar refractivity (Wildman–Crippen MR) is 48.1 cm³/mol. The van der Waals surface area contributed by atoms with Crippen molar-refractivity contribution in [2.75, 3.05) is 6.54 Å². The van der Waals surface area contributed by atoms with Gasteiger partial charge in [0.15, 0.2) is 0 Å². The fourth-order valence-corrected chi connectivity index (χ4v) is 1.41. The van der Waals surface area contributed by atoms with Gasteiger partial charge in [0.2, 0.25) is 12.0 Å². The summed E-state index contributed by atoms with van der Waals surface area (Å²) in [4.78, 5) is 3.69. The second kappa shape index (κ2) is 3.82. The molecule has 16 heavy (non-hydrogen) atoms. The van der Waals surface area contributed by atoms with Crippen molar-refractivity contribution in [1.82, 2.24) is 10.3 Å². The second-order valence-electron chi connectivity index (χ2n) is 3.39. The number of hydrogen-bond donors (Lipinski definition) is 2. The van der Waals surface area contributed by atoms with Gasteiger partial charge in [0.1, 0.15) is 11.4 Å². The van der Waals surface area contributed by atoms with E-state index in [2.05, 4.69) is 10.3 Å². The van der Waals surface area contributed by atoms with Gasteiger partial charge in [-0.1, -0.05) is 0 Å². The summed E-state index contributed by atoms with van der Waals surface area (Å²) in [5.74, 6) is -0.195. The van der Waals surface area contributed by atoms with E-state index in [1.54, 1.807) is 0 Å². The highest BCUT2D eigenvalue weighted by molar-refractivity contribution is 5.32. The molecule has 2 N–H and O–H groups in total. The Morgan fingerprint density at radius 2 is 2.19 bits per heavy atom. The Morgan fingerprint density at radius 3 is 2.88 bits per heavy atom. The van der Waals surface area contributed by atoms with Gasteiger partial charge < -0.3 is 15.2 Å². The van der Waals surface area contributed by atoms with Crippen LogP contribution in [0.15, 0.2) is 12.1 Å². The minimum absolute atomic E-state index is 0.0464. The first-order chi connectivity index (χ1) is 7.47. The van der Waals surface area contributed by atoms with Gasteiger partial charge in [-0.2, -0.15) is 13.2 Å². The van der Waals surface area contributed by atoms with Gasteiger partial charge in [-0.15, -0.1) is 0 Å². The summed E-state index contributed by atoms with van der Waals surface area (Å²) in [7, 11) is 0. The Hall–Kier alpha value is -1.50. The zero-order valence-electron chi connectivity index (χ0n) is 8.08. The molecule has 0 radical (unpaired) electrons. The number of rotatable bonds is 0. The highest BCUT2D eigenvalue weighted by Crippen LogP contribution is 2.29. The average molecular weight is 234 g/mol. The zero-order valence-corrected chi connectivity index (χ0v) is 8.08. The Labute approximate surface area is 89.1 Å². The van der Waals surface area contributed by atoms with Crippen LogP contribution in [-0.2, 0) is 6.54 Å². The molecular formula is C9H9F3N2O2. The summed E-state index contributed by atoms with van der Waals surface area (Å²) in [5, 5.41) is 11.7. The molecule has 1 aliphatic rings. The van der Waals surface area contributed by atoms with Gasteiger partial charge in [0.05, 0.1) is 0 Å². The van der Waals surface area contributed by atoms with Crippen molar-refractivity contribution in [3.63, 3.8) is 0 Å². The molecule has 2 rings (SSSR count). The van der Waals surface area contributed by atoms with Crippen LogP contribution >= 0.6 is 0 Å². The van der Waals surface area contributed by atoms with Crippen LogP contribution in [-0.4, -0.2) is 28.9 Å². The maximum atomic E-state index is 12.5. The maximum absolute atomic E-state index is 12.5. The molecule has 1 aromatic heterocycles. The summed E-state index contributed by atoms with van der Waals surface area (Å²) in [6, 6.07) is 2.47. The fourth-order valence-electron chi connectivity index (χ4n) is 1.41. The first-order valence-corrected chi connectivity index (χ1v) is 4.60. The number of ether oxygens (including phenoxy) is 1. The van der Waals surface area contributed by atoms with Gasteiger partial charge in [0.25, 0.3) is 0 Å². The van der Waals surface area contributed by atoms with Crippen LogP contribution in [0.25, 0.3) is 0 Å². The van der Waals surface area contributed by atoms with Gasteiger partial charge in [-0.05, 0) is 6.07 Å². The normalized spacial score (nSPS) is 20.8. The van der Waals surface area contributed by atoms with E-state index in [1.807, 2.05) is 0 Å². The molecule has 0 spiro atoms. The van der Waals surface area contributed by atoms with E-state index in [0.717, 1.165) is 0 Å². The summed E-state index contributed by atoms with van der Waals surface area (Å²) < 4.78 is 42.2. The number of fused-ring (bicyclic) bond motifs is 1. The molecule has 0 aromatic carbocycles. The van der Waals surface area contributed by atoms with Crippen molar-refractivity contribution in [2.45, 2.75) is 18.8 Å². The van der Waals surface area contributed by atoms with Crippen LogP contribution in [0, 0.1) is 0 Å². The third-order valence-corrected chi connectivity index (χ3v) is 2.17. The van der Waals surface area contributed by atoms with Gasteiger partial charge in [0, 0.05) is 19.2 Å². The average Bonchev–Trinajstić information content (AvgIpc) is 2.38. The topological polar surface area (TPSA) is 54.4 Å². The Morgan fingerprint density at radius 1 is 1.44 bits per heavy atom. The molecule has 88 valence electrons. The minimum atomic E-state index is -4.42. The minimum Gasteiger partial charge on any atom is -0.493 e. The van der Waals surface area contributed by atoms with Crippen LogP contribution in [0.1, 0.15) is 5.69 Å². The Kier molecular flexibility index (Phi) is 2.63. The predicted octanol–water partition coefficient (Wildman–Crippen LogP) is 1.20. The van der Waals surface area contributed by atoms with E-state index in [9.17, 15) is 13.2 Å². The maximum Gasteiger partial charge on any atom is 0.426 e. The number of nitrogens with one attached hydrogen (secondary N) is 1. The molecule has 0 saturated heterocycles. The number of aromatic nitrogens is 1. The second-order valence-corrected chi connectivity index (χ2v) is 3.39. The van der Waals surface area contributed by atoms with Crippen molar-refractivity contribution >= 4 is 0 Å². The van der Waals surface area contributed by atoms with Crippen LogP contribution in [0.5, 0.6) is 11.6 Å². The number of aromatic hydroxyl groups is 1. The lowest BCUT2D eigenvalue weighted by Crippen LogP contribution is -2.41. The van der Waals surface area contributed by atoms with E-state index >= 15 is 0 Å². The summed E-state index contributed by atoms with van der Waals surface area (Å²) >= 11 is 0. The number of alkyl halides is 3. The lowest BCUT2D eigenvalue weighted by Gasteiger charge is -2.19. The van der Waals surface area contributed by atoms with E-state index in [0.29, 0.717) is 0 Å². The molecule has 0 fully saturated rings. The quantitative estimate of drug-likeness (QED) is 0.708. The number of halogens is 3. The van der Waals surface area contributed by atoms with Crippen LogP contribution in [0.4, 0.5) is 13.2 Å². The number of pyridine rings is 1. The number of nitrogens with zero attached hydrogens (tertiary/aromatic N) is 1. The van der Waals surface area contributed by atoms with Crippen LogP contribution in [0.2, 0.25) is 0 Å². The molecule has 0 amide bonds. The van der Waals surface area contributed by atoms with Crippen LogP contribution in [0.3, 0.4) is 0 Å². The molecule has 7 heteroatoms. The third kappa shape index (κ3) is 2.19. The van der Waals surface area contributed by atoms with E-state index < -0.39 is 12.3 Å². The molecule has 0 saturated carbocycles. The highest BCUT2D eigenvalue weighted by Gasteiger charge is 2.42. The standard InChI is InChI=1S/C9H9F3N2O2/c10-9(11,12)7-4-13-3-5-6(16-7)1-2-8(15)14-5/h1-2,7,13H,3-4H2,(H,14,15)/t7-/m1/s1. The lowest BCUT2D eigenvalue weighted by atomic mass is 10.3. The van der Waals surface area contributed by atoms with Crippen molar-refractivity contribution in [2.24, 2.45) is 0 Å². The molecule has 0 unspecified atom stereocenters. The molecule has 1 atom stereocenters. The Bertz CT molecular complexity index is 395. The van der Waals surface area contributed by atoms with Gasteiger partial charge >= 0.3 is 6.18 Å². The summed E-state index contributed by atoms with van der Waals surface area (Å²) in [6.07, 6.45) is -6.31. The summed E-state index contributed by atoms with van der Waals surface area (Å²) in [6.45, 7) is -0.197. The molecule has 0 aliphatic carbocycles. The largest absolute Gasteiger partial charge is 0.493 e. The first kappa shape index (κ1) is 11.0. The smallest absolute Gasteiger partial charge is 0.426 e. The zero-order chi connectivity index (χ0) is 11.8. The lowest BCUT2D eigenvalue weighted by molar-refractivity contribution is -0.192. The van der Waals surface area contributed by atoms with E-state index in [-0.39, 0.29) is 30.4 Å². The fraction of sp³-hybridized carbons (Fsp3) is 0.444. The molecule has 2 heterocycles. The molecular weight excluding hydrogens is 225 g/mol. The third-order valence-electron chi connectivity index (χ3n) is 2.17. The Balaban J connectivity index is 2.28.